The monoisotopic (exact) mass is 424 g/mol. The lowest BCUT2D eigenvalue weighted by Crippen LogP contribution is -2.38. The molecule has 122 valence electrons. The van der Waals surface area contributed by atoms with Gasteiger partial charge in [-0.3, -0.25) is 4.99 Å². The fourth-order valence-electron chi connectivity index (χ4n) is 1.93. The molecule has 2 N–H and O–H groups in total. The van der Waals surface area contributed by atoms with Gasteiger partial charge in [0, 0.05) is 31.2 Å². The minimum absolute atomic E-state index is 0. The van der Waals surface area contributed by atoms with Crippen LogP contribution >= 0.6 is 35.3 Å². The summed E-state index contributed by atoms with van der Waals surface area (Å²) in [5, 5.41) is 10.1. The number of unbranched alkanes of at least 4 members (excludes halogenated alkanes) is 3. The van der Waals surface area contributed by atoms with Crippen molar-refractivity contribution < 1.29 is 0 Å². The Labute approximate surface area is 150 Å². The first-order chi connectivity index (χ1) is 9.76. The minimum Gasteiger partial charge on any atom is -0.356 e. The highest BCUT2D eigenvalue weighted by molar-refractivity contribution is 14.0. The first-order valence-corrected chi connectivity index (χ1v) is 8.49. The maximum Gasteiger partial charge on any atom is 0.190 e. The molecule has 1 aromatic rings. The van der Waals surface area contributed by atoms with Crippen molar-refractivity contribution in [3.63, 3.8) is 0 Å². The van der Waals surface area contributed by atoms with Gasteiger partial charge in [-0.2, -0.15) is 0 Å². The van der Waals surface area contributed by atoms with Gasteiger partial charge in [0.05, 0.1) is 5.01 Å². The molecule has 0 atom stereocenters. The number of aliphatic imine (C=N–C) groups is 1. The number of nitrogens with zero attached hydrogens (tertiary/aromatic N) is 2. The molecular formula is C15H29IN4S. The predicted octanol–water partition coefficient (Wildman–Crippen LogP) is 3.75. The molecule has 0 aliphatic rings. The lowest BCUT2D eigenvalue weighted by molar-refractivity contribution is 0.665. The van der Waals surface area contributed by atoms with E-state index in [4.69, 9.17) is 0 Å². The van der Waals surface area contributed by atoms with Crippen molar-refractivity contribution in [2.45, 2.75) is 52.4 Å². The minimum atomic E-state index is 0. The van der Waals surface area contributed by atoms with E-state index in [2.05, 4.69) is 39.8 Å². The van der Waals surface area contributed by atoms with Crippen LogP contribution in [0.4, 0.5) is 0 Å². The average Bonchev–Trinajstić information content (AvgIpc) is 2.86. The van der Waals surface area contributed by atoms with Crippen LogP contribution < -0.4 is 10.6 Å². The topological polar surface area (TPSA) is 49.3 Å². The molecule has 0 saturated carbocycles. The molecule has 1 heterocycles. The van der Waals surface area contributed by atoms with Crippen LogP contribution in [-0.2, 0) is 6.42 Å². The molecule has 0 unspecified atom stereocenters. The van der Waals surface area contributed by atoms with E-state index < -0.39 is 0 Å². The van der Waals surface area contributed by atoms with Crippen LogP contribution in [0.1, 0.15) is 49.7 Å². The van der Waals surface area contributed by atoms with Crippen molar-refractivity contribution in [3.05, 3.63) is 16.1 Å². The molecule has 0 amide bonds. The highest BCUT2D eigenvalue weighted by atomic mass is 127. The van der Waals surface area contributed by atoms with Crippen molar-refractivity contribution in [3.8, 4) is 0 Å². The van der Waals surface area contributed by atoms with Gasteiger partial charge in [-0.05, 0) is 32.6 Å². The average molecular weight is 424 g/mol. The summed E-state index contributed by atoms with van der Waals surface area (Å²) in [6.45, 7) is 6.25. The van der Waals surface area contributed by atoms with Gasteiger partial charge in [0.1, 0.15) is 0 Å². The molecule has 0 radical (unpaired) electrons. The van der Waals surface area contributed by atoms with Crippen molar-refractivity contribution in [1.82, 2.24) is 15.6 Å². The second-order valence-electron chi connectivity index (χ2n) is 4.97. The molecule has 21 heavy (non-hydrogen) atoms. The fourth-order valence-corrected chi connectivity index (χ4v) is 2.75. The van der Waals surface area contributed by atoms with Crippen LogP contribution in [0.25, 0.3) is 0 Å². The van der Waals surface area contributed by atoms with Crippen LogP contribution in [0.5, 0.6) is 0 Å². The highest BCUT2D eigenvalue weighted by Gasteiger charge is 1.99. The number of aryl methyl sites for hydroxylation is 2. The molecule has 0 aromatic carbocycles. The Hall–Kier alpha value is -0.370. The van der Waals surface area contributed by atoms with E-state index in [9.17, 15) is 0 Å². The molecule has 1 rings (SSSR count). The number of guanidine groups is 1. The van der Waals surface area contributed by atoms with Gasteiger partial charge in [-0.25, -0.2) is 4.98 Å². The van der Waals surface area contributed by atoms with Crippen LogP contribution in [-0.4, -0.2) is 31.1 Å². The van der Waals surface area contributed by atoms with Crippen molar-refractivity contribution >= 4 is 41.3 Å². The summed E-state index contributed by atoms with van der Waals surface area (Å²) in [6, 6.07) is 0. The number of nitrogens with one attached hydrogen (secondary N) is 2. The normalized spacial score (nSPS) is 11.1. The van der Waals surface area contributed by atoms with Crippen LogP contribution in [0.3, 0.4) is 0 Å². The van der Waals surface area contributed by atoms with Gasteiger partial charge in [-0.15, -0.1) is 35.3 Å². The summed E-state index contributed by atoms with van der Waals surface area (Å²) in [4.78, 5) is 8.71. The van der Waals surface area contributed by atoms with Crippen LogP contribution in [0.15, 0.2) is 10.4 Å². The maximum atomic E-state index is 4.48. The van der Waals surface area contributed by atoms with Gasteiger partial charge < -0.3 is 10.6 Å². The Morgan fingerprint density at radius 2 is 1.86 bits per heavy atom. The smallest absolute Gasteiger partial charge is 0.190 e. The van der Waals surface area contributed by atoms with Crippen LogP contribution in [0.2, 0.25) is 0 Å². The summed E-state index contributed by atoms with van der Waals surface area (Å²) in [7, 11) is 1.83. The van der Waals surface area contributed by atoms with E-state index in [0.717, 1.165) is 37.6 Å². The third-order valence-corrected chi connectivity index (χ3v) is 4.10. The van der Waals surface area contributed by atoms with Crippen molar-refractivity contribution in [1.29, 1.82) is 0 Å². The van der Waals surface area contributed by atoms with Crippen molar-refractivity contribution in [2.24, 2.45) is 4.99 Å². The number of aromatic nitrogens is 1. The lowest BCUT2D eigenvalue weighted by Gasteiger charge is -2.11. The summed E-state index contributed by atoms with van der Waals surface area (Å²) < 4.78 is 0. The number of thiazole rings is 1. The van der Waals surface area contributed by atoms with Gasteiger partial charge >= 0.3 is 0 Å². The van der Waals surface area contributed by atoms with E-state index in [-0.39, 0.29) is 24.0 Å². The van der Waals surface area contributed by atoms with E-state index in [1.54, 1.807) is 11.3 Å². The summed E-state index contributed by atoms with van der Waals surface area (Å²) in [6.07, 6.45) is 7.14. The quantitative estimate of drug-likeness (QED) is 0.275. The molecule has 0 aliphatic carbocycles. The number of hydrogen-bond acceptors (Lipinski definition) is 3. The first-order valence-electron chi connectivity index (χ1n) is 7.61. The van der Waals surface area contributed by atoms with E-state index >= 15 is 0 Å². The Kier molecular flexibility index (Phi) is 13.1. The largest absolute Gasteiger partial charge is 0.356 e. The zero-order chi connectivity index (χ0) is 14.6. The lowest BCUT2D eigenvalue weighted by atomic mass is 10.2. The van der Waals surface area contributed by atoms with Gasteiger partial charge in [-0.1, -0.05) is 19.8 Å². The second kappa shape index (κ2) is 13.3. The second-order valence-corrected chi connectivity index (χ2v) is 5.92. The predicted molar refractivity (Wildman–Crippen MR) is 104 cm³/mol. The van der Waals surface area contributed by atoms with Gasteiger partial charge in [0.25, 0.3) is 0 Å². The van der Waals surface area contributed by atoms with E-state index in [1.165, 1.54) is 30.7 Å². The zero-order valence-electron chi connectivity index (χ0n) is 13.4. The summed E-state index contributed by atoms with van der Waals surface area (Å²) in [5.41, 5.74) is 1.14. The third-order valence-electron chi connectivity index (χ3n) is 3.07. The summed E-state index contributed by atoms with van der Waals surface area (Å²) >= 11 is 1.77. The van der Waals surface area contributed by atoms with E-state index in [0.29, 0.717) is 0 Å². The van der Waals surface area contributed by atoms with Gasteiger partial charge in [0.2, 0.25) is 0 Å². The molecular weight excluding hydrogens is 395 g/mol. The number of hydrogen-bond donors (Lipinski definition) is 2. The molecule has 0 fully saturated rings. The number of halogens is 1. The number of rotatable bonds is 9. The molecule has 0 aliphatic heterocycles. The van der Waals surface area contributed by atoms with E-state index in [1.807, 2.05) is 7.05 Å². The van der Waals surface area contributed by atoms with Crippen molar-refractivity contribution in [2.75, 3.05) is 20.1 Å². The molecule has 0 saturated heterocycles. The van der Waals surface area contributed by atoms with Crippen LogP contribution in [0, 0.1) is 6.92 Å². The Morgan fingerprint density at radius 3 is 2.38 bits per heavy atom. The summed E-state index contributed by atoms with van der Waals surface area (Å²) in [5.74, 6) is 0.922. The van der Waals surface area contributed by atoms with Gasteiger partial charge in [0.15, 0.2) is 5.96 Å². The SMILES string of the molecule is CCCCCNC(=NC)NCCCCc1nc(C)cs1.I. The molecule has 6 heteroatoms. The Morgan fingerprint density at radius 1 is 1.19 bits per heavy atom. The first kappa shape index (κ1) is 20.6. The molecule has 0 spiro atoms. The molecule has 0 bridgehead atoms. The molecule has 4 nitrogen and oxygen atoms in total. The fraction of sp³-hybridized carbons (Fsp3) is 0.733. The molecule has 1 aromatic heterocycles. The Balaban J connectivity index is 0.00000400. The standard InChI is InChI=1S/C15H28N4S.HI/c1-4-5-7-10-17-15(16-3)18-11-8-6-9-14-19-13(2)12-20-14;/h12H,4-11H2,1-3H3,(H2,16,17,18);1H. The maximum absolute atomic E-state index is 4.48. The highest BCUT2D eigenvalue weighted by Crippen LogP contribution is 2.11. The third kappa shape index (κ3) is 10.1. The zero-order valence-corrected chi connectivity index (χ0v) is 16.6. The Bertz CT molecular complexity index is 393.